The van der Waals surface area contributed by atoms with E-state index in [2.05, 4.69) is 5.32 Å². The Morgan fingerprint density at radius 2 is 1.60 bits per heavy atom. The molecule has 0 aliphatic rings. The Morgan fingerprint density at radius 3 is 2.15 bits per heavy atom. The van der Waals surface area contributed by atoms with Gasteiger partial charge in [-0.05, 0) is 48.5 Å². The molecule has 0 aliphatic heterocycles. The first-order valence-electron chi connectivity index (χ1n) is 5.71. The van der Waals surface area contributed by atoms with Crippen molar-refractivity contribution in [1.82, 2.24) is 0 Å². The first kappa shape index (κ1) is 13.8. The summed E-state index contributed by atoms with van der Waals surface area (Å²) in [4.78, 5) is 23.7. The fourth-order valence-corrected chi connectivity index (χ4v) is 1.67. The van der Waals surface area contributed by atoms with Crippen LogP contribution in [0.3, 0.4) is 0 Å². The highest BCUT2D eigenvalue weighted by molar-refractivity contribution is 6.46. The lowest BCUT2D eigenvalue weighted by Crippen LogP contribution is -2.22. The van der Waals surface area contributed by atoms with E-state index in [0.29, 0.717) is 16.3 Å². The van der Waals surface area contributed by atoms with Crippen LogP contribution in [-0.4, -0.2) is 11.7 Å². The zero-order chi connectivity index (χ0) is 14.5. The largest absolute Gasteiger partial charge is 0.319 e. The van der Waals surface area contributed by atoms with Gasteiger partial charge < -0.3 is 5.32 Å². The molecule has 0 saturated carbocycles. The first-order valence-corrected chi connectivity index (χ1v) is 6.09. The molecular formula is C15H9ClN2O2. The minimum atomic E-state index is -0.739. The zero-order valence-corrected chi connectivity index (χ0v) is 11.0. The Hall–Kier alpha value is -2.64. The van der Waals surface area contributed by atoms with Crippen molar-refractivity contribution in [2.45, 2.75) is 0 Å². The zero-order valence-electron chi connectivity index (χ0n) is 10.3. The van der Waals surface area contributed by atoms with Gasteiger partial charge >= 0.3 is 0 Å². The van der Waals surface area contributed by atoms with E-state index < -0.39 is 11.7 Å². The number of benzene rings is 2. The van der Waals surface area contributed by atoms with Gasteiger partial charge in [-0.25, -0.2) is 0 Å². The van der Waals surface area contributed by atoms with Crippen molar-refractivity contribution in [3.8, 4) is 6.07 Å². The fraction of sp³-hybridized carbons (Fsp3) is 0. The molecule has 2 rings (SSSR count). The van der Waals surface area contributed by atoms with E-state index in [1.165, 1.54) is 12.1 Å². The number of rotatable bonds is 3. The summed E-state index contributed by atoms with van der Waals surface area (Å²) in [6, 6.07) is 14.3. The van der Waals surface area contributed by atoms with Crippen molar-refractivity contribution in [1.29, 1.82) is 5.26 Å². The summed E-state index contributed by atoms with van der Waals surface area (Å²) < 4.78 is 0. The van der Waals surface area contributed by atoms with Gasteiger partial charge in [0.15, 0.2) is 0 Å². The van der Waals surface area contributed by atoms with Crippen molar-refractivity contribution in [2.75, 3.05) is 5.32 Å². The number of hydrogen-bond donors (Lipinski definition) is 1. The minimum absolute atomic E-state index is 0.264. The number of anilines is 1. The molecule has 4 nitrogen and oxygen atoms in total. The normalized spacial score (nSPS) is 9.60. The molecule has 98 valence electrons. The SMILES string of the molecule is N#Cc1ccc(NC(=O)C(=O)c2ccc(Cl)cc2)cc1. The summed E-state index contributed by atoms with van der Waals surface area (Å²) in [6.07, 6.45) is 0. The van der Waals surface area contributed by atoms with Crippen LogP contribution in [0.1, 0.15) is 15.9 Å². The van der Waals surface area contributed by atoms with Gasteiger partial charge in [0.1, 0.15) is 0 Å². The summed E-state index contributed by atoms with van der Waals surface area (Å²) >= 11 is 5.72. The lowest BCUT2D eigenvalue weighted by atomic mass is 10.1. The highest BCUT2D eigenvalue weighted by atomic mass is 35.5. The number of Topliss-reactive ketones (excluding diaryl/α,β-unsaturated/α-hetero) is 1. The van der Waals surface area contributed by atoms with E-state index in [0.717, 1.165) is 0 Å². The maximum Gasteiger partial charge on any atom is 0.296 e. The third kappa shape index (κ3) is 3.22. The number of ketones is 1. The predicted octanol–water partition coefficient (Wildman–Crippen LogP) is 3.03. The van der Waals surface area contributed by atoms with Crippen LogP contribution in [0.4, 0.5) is 5.69 Å². The number of hydrogen-bond acceptors (Lipinski definition) is 3. The molecule has 0 heterocycles. The molecule has 0 fully saturated rings. The van der Waals surface area contributed by atoms with E-state index in [1.54, 1.807) is 36.4 Å². The highest BCUT2D eigenvalue weighted by Gasteiger charge is 2.16. The van der Waals surface area contributed by atoms with Crippen molar-refractivity contribution >= 4 is 29.0 Å². The number of nitriles is 1. The molecule has 5 heteroatoms. The van der Waals surface area contributed by atoms with Gasteiger partial charge in [0, 0.05) is 16.3 Å². The Morgan fingerprint density at radius 1 is 1.00 bits per heavy atom. The molecule has 2 aromatic carbocycles. The molecule has 0 saturated heterocycles. The van der Waals surface area contributed by atoms with Crippen molar-refractivity contribution in [3.63, 3.8) is 0 Å². The number of amides is 1. The van der Waals surface area contributed by atoms with Crippen LogP contribution in [0.25, 0.3) is 0 Å². The summed E-state index contributed by atoms with van der Waals surface area (Å²) in [5.74, 6) is -1.39. The first-order chi connectivity index (χ1) is 9.60. The fourth-order valence-electron chi connectivity index (χ4n) is 1.55. The molecule has 1 amide bonds. The van der Waals surface area contributed by atoms with Crippen LogP contribution in [0.5, 0.6) is 0 Å². The minimum Gasteiger partial charge on any atom is -0.319 e. The number of nitrogens with one attached hydrogen (secondary N) is 1. The van der Waals surface area contributed by atoms with E-state index in [-0.39, 0.29) is 5.56 Å². The average Bonchev–Trinajstić information content (AvgIpc) is 2.48. The third-order valence-corrected chi connectivity index (χ3v) is 2.84. The number of carbonyl (C=O) groups excluding carboxylic acids is 2. The molecule has 0 bridgehead atoms. The molecule has 0 atom stereocenters. The molecule has 2 aromatic rings. The number of nitrogens with zero attached hydrogens (tertiary/aromatic N) is 1. The van der Waals surface area contributed by atoms with Crippen LogP contribution < -0.4 is 5.32 Å². The quantitative estimate of drug-likeness (QED) is 0.696. The van der Waals surface area contributed by atoms with E-state index in [9.17, 15) is 9.59 Å². The highest BCUT2D eigenvalue weighted by Crippen LogP contribution is 2.12. The van der Waals surface area contributed by atoms with Gasteiger partial charge in [0.05, 0.1) is 11.6 Å². The Kier molecular flexibility index (Phi) is 4.14. The maximum absolute atomic E-state index is 11.9. The van der Waals surface area contributed by atoms with Crippen LogP contribution in [-0.2, 0) is 4.79 Å². The van der Waals surface area contributed by atoms with Crippen molar-refractivity contribution in [3.05, 3.63) is 64.7 Å². The summed E-state index contributed by atoms with van der Waals surface area (Å²) in [7, 11) is 0. The second kappa shape index (κ2) is 6.00. The maximum atomic E-state index is 11.9. The van der Waals surface area contributed by atoms with Crippen LogP contribution in [0, 0.1) is 11.3 Å². The second-order valence-electron chi connectivity index (χ2n) is 3.98. The molecule has 0 radical (unpaired) electrons. The van der Waals surface area contributed by atoms with Crippen molar-refractivity contribution < 1.29 is 9.59 Å². The van der Waals surface area contributed by atoms with E-state index in [4.69, 9.17) is 16.9 Å². The Balaban J connectivity index is 2.09. The molecule has 0 aromatic heterocycles. The van der Waals surface area contributed by atoms with Gasteiger partial charge in [-0.2, -0.15) is 5.26 Å². The monoisotopic (exact) mass is 284 g/mol. The molecule has 20 heavy (non-hydrogen) atoms. The molecule has 0 spiro atoms. The van der Waals surface area contributed by atoms with Gasteiger partial charge in [-0.3, -0.25) is 9.59 Å². The van der Waals surface area contributed by atoms with Gasteiger partial charge in [0.2, 0.25) is 0 Å². The Bertz CT molecular complexity index is 685. The third-order valence-electron chi connectivity index (χ3n) is 2.58. The van der Waals surface area contributed by atoms with Gasteiger partial charge in [-0.1, -0.05) is 11.6 Å². The second-order valence-corrected chi connectivity index (χ2v) is 4.42. The summed E-state index contributed by atoms with van der Waals surface area (Å²) in [6.45, 7) is 0. The lowest BCUT2D eigenvalue weighted by Gasteiger charge is -2.04. The van der Waals surface area contributed by atoms with Crippen molar-refractivity contribution in [2.24, 2.45) is 0 Å². The molecular weight excluding hydrogens is 276 g/mol. The van der Waals surface area contributed by atoms with Gasteiger partial charge in [0.25, 0.3) is 11.7 Å². The van der Waals surface area contributed by atoms with E-state index in [1.807, 2.05) is 6.07 Å². The number of carbonyl (C=O) groups is 2. The standard InChI is InChI=1S/C15H9ClN2O2/c16-12-5-3-11(4-6-12)14(19)15(20)18-13-7-1-10(9-17)2-8-13/h1-8H,(H,18,20). The number of halogens is 1. The van der Waals surface area contributed by atoms with Crippen LogP contribution in [0.2, 0.25) is 5.02 Å². The van der Waals surface area contributed by atoms with Crippen LogP contribution in [0.15, 0.2) is 48.5 Å². The lowest BCUT2D eigenvalue weighted by molar-refractivity contribution is -0.112. The molecule has 1 N–H and O–H groups in total. The Labute approximate surface area is 120 Å². The molecule has 0 aliphatic carbocycles. The average molecular weight is 285 g/mol. The smallest absolute Gasteiger partial charge is 0.296 e. The van der Waals surface area contributed by atoms with Crippen LogP contribution >= 0.6 is 11.6 Å². The molecule has 0 unspecified atom stereocenters. The summed E-state index contributed by atoms with van der Waals surface area (Å²) in [5.41, 5.74) is 1.20. The predicted molar refractivity (Wildman–Crippen MR) is 75.6 cm³/mol. The van der Waals surface area contributed by atoms with E-state index >= 15 is 0 Å². The topological polar surface area (TPSA) is 70.0 Å². The van der Waals surface area contributed by atoms with Gasteiger partial charge in [-0.15, -0.1) is 0 Å². The summed E-state index contributed by atoms with van der Waals surface area (Å²) in [5, 5.41) is 11.6.